The second kappa shape index (κ2) is 9.75. The lowest BCUT2D eigenvalue weighted by Gasteiger charge is -2.41. The first-order valence-electron chi connectivity index (χ1n) is 11.4. The van der Waals surface area contributed by atoms with Gasteiger partial charge in [0.2, 0.25) is 0 Å². The number of imide groups is 1. The second-order valence-electron chi connectivity index (χ2n) is 8.63. The smallest absolute Gasteiger partial charge is 0.261 e. The number of fused-ring (bicyclic) bond motifs is 2. The van der Waals surface area contributed by atoms with Crippen molar-refractivity contribution in [3.8, 4) is 0 Å². The third-order valence-electron chi connectivity index (χ3n) is 6.68. The average molecular weight is 421 g/mol. The van der Waals surface area contributed by atoms with Gasteiger partial charge in [0.05, 0.1) is 11.1 Å². The first-order chi connectivity index (χ1) is 15.2. The lowest BCUT2D eigenvalue weighted by Crippen LogP contribution is -2.46. The van der Waals surface area contributed by atoms with Gasteiger partial charge in [0.1, 0.15) is 0 Å². The summed E-state index contributed by atoms with van der Waals surface area (Å²) in [7, 11) is 1.74. The first-order valence-corrected chi connectivity index (χ1v) is 11.4. The zero-order chi connectivity index (χ0) is 21.7. The molecular formula is C26H32N2O3. The lowest BCUT2D eigenvalue weighted by molar-refractivity contribution is 0.0645. The molecule has 1 unspecified atom stereocenters. The van der Waals surface area contributed by atoms with Gasteiger partial charge in [-0.2, -0.15) is 0 Å². The molecule has 2 aliphatic rings. The fraction of sp³-hybridized carbons (Fsp3) is 0.462. The number of carbonyl (C=O) groups is 2. The molecule has 1 aliphatic carbocycles. The van der Waals surface area contributed by atoms with Gasteiger partial charge >= 0.3 is 0 Å². The van der Waals surface area contributed by atoms with Crippen molar-refractivity contribution in [3.05, 3.63) is 70.8 Å². The zero-order valence-electron chi connectivity index (χ0n) is 18.4. The number of aryl methyl sites for hydroxylation is 1. The molecule has 2 aromatic rings. The van der Waals surface area contributed by atoms with Gasteiger partial charge in [-0.3, -0.25) is 14.5 Å². The van der Waals surface area contributed by atoms with Crippen LogP contribution in [0.5, 0.6) is 0 Å². The number of unbranched alkanes of at least 4 members (excludes halogenated alkanes) is 1. The molecule has 1 aliphatic heterocycles. The maximum atomic E-state index is 12.7. The Balaban J connectivity index is 1.45. The molecule has 0 spiro atoms. The number of amides is 2. The molecule has 5 nitrogen and oxygen atoms in total. The summed E-state index contributed by atoms with van der Waals surface area (Å²) in [6.07, 6.45) is 7.13. The van der Waals surface area contributed by atoms with E-state index in [9.17, 15) is 9.59 Å². The predicted octanol–water partition coefficient (Wildman–Crippen LogP) is 4.31. The Hall–Kier alpha value is -2.50. The van der Waals surface area contributed by atoms with Gasteiger partial charge < -0.3 is 10.1 Å². The van der Waals surface area contributed by atoms with Crippen molar-refractivity contribution in [2.45, 2.75) is 50.5 Å². The third kappa shape index (κ3) is 4.43. The fourth-order valence-electron chi connectivity index (χ4n) is 5.13. The Bertz CT molecular complexity index is 907. The number of methoxy groups -OCH3 is 1. The molecule has 0 aromatic heterocycles. The first kappa shape index (κ1) is 21.7. The molecular weight excluding hydrogens is 388 g/mol. The van der Waals surface area contributed by atoms with E-state index in [2.05, 4.69) is 29.6 Å². The van der Waals surface area contributed by atoms with E-state index in [0.29, 0.717) is 17.7 Å². The third-order valence-corrected chi connectivity index (χ3v) is 6.68. The summed E-state index contributed by atoms with van der Waals surface area (Å²) in [6, 6.07) is 15.8. The van der Waals surface area contributed by atoms with Crippen LogP contribution in [0.1, 0.15) is 70.4 Å². The summed E-state index contributed by atoms with van der Waals surface area (Å²) in [4.78, 5) is 26.9. The highest BCUT2D eigenvalue weighted by Gasteiger charge is 2.38. The monoisotopic (exact) mass is 420 g/mol. The summed E-state index contributed by atoms with van der Waals surface area (Å²) >= 11 is 0. The number of carbonyl (C=O) groups excluding carboxylic acids is 2. The largest absolute Gasteiger partial charge is 0.385 e. The minimum Gasteiger partial charge on any atom is -0.385 e. The van der Waals surface area contributed by atoms with E-state index in [-0.39, 0.29) is 17.4 Å². The van der Waals surface area contributed by atoms with Crippen LogP contribution >= 0.6 is 0 Å². The van der Waals surface area contributed by atoms with Crippen LogP contribution in [-0.2, 0) is 16.7 Å². The minimum absolute atomic E-state index is 0.0966. The van der Waals surface area contributed by atoms with Crippen LogP contribution in [0, 0.1) is 0 Å². The van der Waals surface area contributed by atoms with E-state index in [4.69, 9.17) is 4.74 Å². The van der Waals surface area contributed by atoms with Crippen molar-refractivity contribution >= 4 is 11.8 Å². The van der Waals surface area contributed by atoms with Gasteiger partial charge in [-0.25, -0.2) is 0 Å². The minimum atomic E-state index is -0.161. The Morgan fingerprint density at radius 2 is 1.68 bits per heavy atom. The molecule has 31 heavy (non-hydrogen) atoms. The van der Waals surface area contributed by atoms with E-state index in [1.54, 1.807) is 19.2 Å². The molecule has 0 bridgehead atoms. The van der Waals surface area contributed by atoms with E-state index in [1.165, 1.54) is 16.0 Å². The van der Waals surface area contributed by atoms with Crippen LogP contribution in [0.4, 0.5) is 0 Å². The molecule has 4 rings (SSSR count). The van der Waals surface area contributed by atoms with Crippen molar-refractivity contribution in [2.24, 2.45) is 0 Å². The van der Waals surface area contributed by atoms with Crippen LogP contribution < -0.4 is 5.32 Å². The van der Waals surface area contributed by atoms with Crippen LogP contribution in [0.15, 0.2) is 48.5 Å². The standard InChI is InChI=1S/C26H32N2O3/c1-31-19-7-6-17-27-26(15-8-11-20-10-2-5-14-23(20)26)16-9-18-28-24(29)21-12-3-4-13-22(21)25(28)30/h2-5,10,12-14,27H,6-9,11,15-19H2,1H3. The number of hydrogen-bond donors (Lipinski definition) is 1. The van der Waals surface area contributed by atoms with Crippen LogP contribution in [-0.4, -0.2) is 43.5 Å². The Morgan fingerprint density at radius 3 is 2.42 bits per heavy atom. The highest BCUT2D eigenvalue weighted by Crippen LogP contribution is 2.39. The molecule has 0 saturated heterocycles. The Kier molecular flexibility index (Phi) is 6.83. The molecule has 2 amide bonds. The molecule has 1 heterocycles. The molecule has 1 atom stereocenters. The van der Waals surface area contributed by atoms with Crippen LogP contribution in [0.25, 0.3) is 0 Å². The summed E-state index contributed by atoms with van der Waals surface area (Å²) in [5.41, 5.74) is 3.76. The zero-order valence-corrected chi connectivity index (χ0v) is 18.4. The molecule has 5 heteroatoms. The van der Waals surface area contributed by atoms with Gasteiger partial charge in [0, 0.05) is 25.8 Å². The summed E-state index contributed by atoms with van der Waals surface area (Å²) < 4.78 is 5.19. The van der Waals surface area contributed by atoms with Crippen LogP contribution in [0.3, 0.4) is 0 Å². The van der Waals surface area contributed by atoms with E-state index in [0.717, 1.165) is 58.1 Å². The molecule has 164 valence electrons. The number of benzene rings is 2. The van der Waals surface area contributed by atoms with Crippen molar-refractivity contribution in [2.75, 3.05) is 26.8 Å². The quantitative estimate of drug-likeness (QED) is 0.460. The van der Waals surface area contributed by atoms with E-state index >= 15 is 0 Å². The highest BCUT2D eigenvalue weighted by molar-refractivity contribution is 6.21. The predicted molar refractivity (Wildman–Crippen MR) is 121 cm³/mol. The Morgan fingerprint density at radius 1 is 0.968 bits per heavy atom. The van der Waals surface area contributed by atoms with Gasteiger partial charge in [-0.05, 0) is 74.8 Å². The number of hydrogen-bond acceptors (Lipinski definition) is 4. The SMILES string of the molecule is COCCCCNC1(CCCN2C(=O)c3ccccc3C2=O)CCCc2ccccc21. The maximum Gasteiger partial charge on any atom is 0.261 e. The highest BCUT2D eigenvalue weighted by atomic mass is 16.5. The van der Waals surface area contributed by atoms with Crippen molar-refractivity contribution in [3.63, 3.8) is 0 Å². The number of nitrogens with zero attached hydrogens (tertiary/aromatic N) is 1. The number of nitrogens with one attached hydrogen (secondary N) is 1. The molecule has 0 fully saturated rings. The van der Waals surface area contributed by atoms with Crippen molar-refractivity contribution < 1.29 is 14.3 Å². The van der Waals surface area contributed by atoms with Gasteiger partial charge in [-0.15, -0.1) is 0 Å². The lowest BCUT2D eigenvalue weighted by atomic mass is 9.73. The van der Waals surface area contributed by atoms with Gasteiger partial charge in [-0.1, -0.05) is 36.4 Å². The number of rotatable bonds is 10. The summed E-state index contributed by atoms with van der Waals surface area (Å²) in [6.45, 7) is 2.18. The van der Waals surface area contributed by atoms with Crippen molar-refractivity contribution in [1.29, 1.82) is 0 Å². The molecule has 2 aromatic carbocycles. The maximum absolute atomic E-state index is 12.7. The molecule has 1 N–H and O–H groups in total. The van der Waals surface area contributed by atoms with E-state index < -0.39 is 0 Å². The van der Waals surface area contributed by atoms with Crippen LogP contribution in [0.2, 0.25) is 0 Å². The summed E-state index contributed by atoms with van der Waals surface area (Å²) in [5.74, 6) is -0.322. The van der Waals surface area contributed by atoms with Gasteiger partial charge in [0.25, 0.3) is 11.8 Å². The Labute approximate surface area is 184 Å². The summed E-state index contributed by atoms with van der Waals surface area (Å²) in [5, 5.41) is 3.87. The molecule has 0 radical (unpaired) electrons. The normalized spacial score (nSPS) is 20.1. The number of ether oxygens (including phenoxy) is 1. The molecule has 0 saturated carbocycles. The fourth-order valence-corrected chi connectivity index (χ4v) is 5.13. The topological polar surface area (TPSA) is 58.6 Å². The van der Waals surface area contributed by atoms with E-state index in [1.807, 2.05) is 12.1 Å². The van der Waals surface area contributed by atoms with Gasteiger partial charge in [0.15, 0.2) is 0 Å². The average Bonchev–Trinajstić information content (AvgIpc) is 3.04. The second-order valence-corrected chi connectivity index (χ2v) is 8.63. The van der Waals surface area contributed by atoms with Crippen molar-refractivity contribution in [1.82, 2.24) is 10.2 Å².